The number of carbonyl (C=O) groups excluding carboxylic acids is 1. The van der Waals surface area contributed by atoms with Crippen molar-refractivity contribution in [2.45, 2.75) is 13.8 Å². The Bertz CT molecular complexity index is 471. The minimum Gasteiger partial charge on any atom is -0.366 e. The molecule has 2 rings (SSSR count). The van der Waals surface area contributed by atoms with Crippen molar-refractivity contribution < 1.29 is 9.18 Å². The SMILES string of the molecule is CC(C)C(=O)N1CCN(c2ccc(Cl)cc2F)CC1. The van der Waals surface area contributed by atoms with Gasteiger partial charge in [-0.2, -0.15) is 0 Å². The second-order valence-corrected chi connectivity index (χ2v) is 5.50. The molecule has 0 unspecified atom stereocenters. The number of amides is 1. The Hall–Kier alpha value is -1.29. The van der Waals surface area contributed by atoms with Gasteiger partial charge in [-0.25, -0.2) is 4.39 Å². The fraction of sp³-hybridized carbons (Fsp3) is 0.500. The zero-order valence-electron chi connectivity index (χ0n) is 11.2. The molecule has 1 aliphatic heterocycles. The Balaban J connectivity index is 2.02. The lowest BCUT2D eigenvalue weighted by Gasteiger charge is -2.37. The van der Waals surface area contributed by atoms with Gasteiger partial charge in [0.05, 0.1) is 5.69 Å². The normalized spacial score (nSPS) is 16.1. The molecule has 1 aromatic carbocycles. The Kier molecular flexibility index (Phi) is 4.30. The summed E-state index contributed by atoms with van der Waals surface area (Å²) in [6, 6.07) is 4.70. The van der Waals surface area contributed by atoms with E-state index in [9.17, 15) is 9.18 Å². The third-order valence-corrected chi connectivity index (χ3v) is 3.57. The second-order valence-electron chi connectivity index (χ2n) is 5.06. The average molecular weight is 285 g/mol. The summed E-state index contributed by atoms with van der Waals surface area (Å²) in [6.45, 7) is 6.37. The molecule has 0 aliphatic carbocycles. The van der Waals surface area contributed by atoms with Crippen LogP contribution in [0.25, 0.3) is 0 Å². The number of benzene rings is 1. The molecule has 1 aliphatic rings. The molecule has 5 heteroatoms. The van der Waals surface area contributed by atoms with Gasteiger partial charge in [-0.1, -0.05) is 25.4 Å². The number of piperazine rings is 1. The summed E-state index contributed by atoms with van der Waals surface area (Å²) in [5, 5.41) is 0.398. The van der Waals surface area contributed by atoms with Crippen LogP contribution in [0.15, 0.2) is 18.2 Å². The molecule has 1 aromatic rings. The van der Waals surface area contributed by atoms with Gasteiger partial charge in [-0.15, -0.1) is 0 Å². The minimum absolute atomic E-state index is 0.0128. The fourth-order valence-corrected chi connectivity index (χ4v) is 2.43. The number of halogens is 2. The van der Waals surface area contributed by atoms with E-state index in [1.807, 2.05) is 23.6 Å². The molecular formula is C14H18ClFN2O. The molecule has 19 heavy (non-hydrogen) atoms. The van der Waals surface area contributed by atoms with Gasteiger partial charge in [0.25, 0.3) is 0 Å². The van der Waals surface area contributed by atoms with Crippen molar-refractivity contribution in [1.82, 2.24) is 4.90 Å². The largest absolute Gasteiger partial charge is 0.366 e. The number of rotatable bonds is 2. The fourth-order valence-electron chi connectivity index (χ4n) is 2.27. The molecule has 0 saturated carbocycles. The standard InChI is InChI=1S/C14H18ClFN2O/c1-10(2)14(19)18-7-5-17(6-8-18)13-4-3-11(15)9-12(13)16/h3-4,9-10H,5-8H2,1-2H3. The molecule has 0 aromatic heterocycles. The van der Waals surface area contributed by atoms with E-state index in [1.165, 1.54) is 6.07 Å². The van der Waals surface area contributed by atoms with E-state index in [-0.39, 0.29) is 17.6 Å². The third-order valence-electron chi connectivity index (χ3n) is 3.34. The Morgan fingerprint density at radius 1 is 1.26 bits per heavy atom. The van der Waals surface area contributed by atoms with Gasteiger partial charge in [0, 0.05) is 37.1 Å². The van der Waals surface area contributed by atoms with Crippen LogP contribution < -0.4 is 4.90 Å². The van der Waals surface area contributed by atoms with Gasteiger partial charge in [-0.3, -0.25) is 4.79 Å². The smallest absolute Gasteiger partial charge is 0.225 e. The molecule has 1 amide bonds. The van der Waals surface area contributed by atoms with Crippen LogP contribution in [0.5, 0.6) is 0 Å². The van der Waals surface area contributed by atoms with Crippen LogP contribution in [0, 0.1) is 11.7 Å². The molecule has 0 N–H and O–H groups in total. The second kappa shape index (κ2) is 5.78. The lowest BCUT2D eigenvalue weighted by molar-refractivity contribution is -0.134. The number of nitrogens with zero attached hydrogens (tertiary/aromatic N) is 2. The van der Waals surface area contributed by atoms with Crippen LogP contribution in [0.2, 0.25) is 5.02 Å². The number of hydrogen-bond donors (Lipinski definition) is 0. The van der Waals surface area contributed by atoms with Crippen LogP contribution in [-0.4, -0.2) is 37.0 Å². The van der Waals surface area contributed by atoms with Gasteiger partial charge in [0.15, 0.2) is 0 Å². The molecule has 0 atom stereocenters. The molecule has 104 valence electrons. The zero-order valence-corrected chi connectivity index (χ0v) is 12.0. The zero-order chi connectivity index (χ0) is 14.0. The van der Waals surface area contributed by atoms with E-state index in [0.29, 0.717) is 36.9 Å². The van der Waals surface area contributed by atoms with Crippen LogP contribution in [0.4, 0.5) is 10.1 Å². The summed E-state index contributed by atoms with van der Waals surface area (Å²) in [4.78, 5) is 15.7. The van der Waals surface area contributed by atoms with Crippen LogP contribution in [0.1, 0.15) is 13.8 Å². The maximum Gasteiger partial charge on any atom is 0.225 e. The number of carbonyl (C=O) groups is 1. The first-order chi connectivity index (χ1) is 8.99. The molecular weight excluding hydrogens is 267 g/mol. The summed E-state index contributed by atoms with van der Waals surface area (Å²) in [5.41, 5.74) is 0.557. The highest BCUT2D eigenvalue weighted by molar-refractivity contribution is 6.30. The van der Waals surface area contributed by atoms with E-state index >= 15 is 0 Å². The Labute approximate surface area is 117 Å². The highest BCUT2D eigenvalue weighted by atomic mass is 35.5. The van der Waals surface area contributed by atoms with Crippen molar-refractivity contribution in [1.29, 1.82) is 0 Å². The first-order valence-corrected chi connectivity index (χ1v) is 6.85. The summed E-state index contributed by atoms with van der Waals surface area (Å²) in [6.07, 6.45) is 0. The topological polar surface area (TPSA) is 23.6 Å². The Morgan fingerprint density at radius 2 is 1.89 bits per heavy atom. The van der Waals surface area contributed by atoms with Gasteiger partial charge >= 0.3 is 0 Å². The van der Waals surface area contributed by atoms with Gasteiger partial charge < -0.3 is 9.80 Å². The van der Waals surface area contributed by atoms with E-state index < -0.39 is 0 Å². The van der Waals surface area contributed by atoms with Crippen molar-refractivity contribution in [2.75, 3.05) is 31.1 Å². The van der Waals surface area contributed by atoms with E-state index in [0.717, 1.165) is 0 Å². The highest BCUT2D eigenvalue weighted by Gasteiger charge is 2.24. The lowest BCUT2D eigenvalue weighted by atomic mass is 10.1. The van der Waals surface area contributed by atoms with E-state index in [1.54, 1.807) is 12.1 Å². The van der Waals surface area contributed by atoms with Crippen LogP contribution >= 0.6 is 11.6 Å². The monoisotopic (exact) mass is 284 g/mol. The van der Waals surface area contributed by atoms with Crippen molar-refractivity contribution >= 4 is 23.2 Å². The van der Waals surface area contributed by atoms with Crippen molar-refractivity contribution in [3.8, 4) is 0 Å². The number of anilines is 1. The van der Waals surface area contributed by atoms with Gasteiger partial charge in [0.2, 0.25) is 5.91 Å². The number of hydrogen-bond acceptors (Lipinski definition) is 2. The van der Waals surface area contributed by atoms with Crippen molar-refractivity contribution in [2.24, 2.45) is 5.92 Å². The maximum atomic E-state index is 13.8. The average Bonchev–Trinajstić information content (AvgIpc) is 2.38. The van der Waals surface area contributed by atoms with E-state index in [4.69, 9.17) is 11.6 Å². The van der Waals surface area contributed by atoms with E-state index in [2.05, 4.69) is 0 Å². The van der Waals surface area contributed by atoms with Gasteiger partial charge in [0.1, 0.15) is 5.82 Å². The summed E-state index contributed by atoms with van der Waals surface area (Å²) in [5.74, 6) is -0.133. The summed E-state index contributed by atoms with van der Waals surface area (Å²) in [7, 11) is 0. The lowest BCUT2D eigenvalue weighted by Crippen LogP contribution is -2.50. The molecule has 1 fully saturated rings. The third kappa shape index (κ3) is 3.18. The highest BCUT2D eigenvalue weighted by Crippen LogP contribution is 2.24. The predicted octanol–water partition coefficient (Wildman–Crippen LogP) is 2.78. The first-order valence-electron chi connectivity index (χ1n) is 6.48. The predicted molar refractivity (Wildman–Crippen MR) is 75.0 cm³/mol. The molecule has 0 radical (unpaired) electrons. The maximum absolute atomic E-state index is 13.8. The molecule has 1 heterocycles. The van der Waals surface area contributed by atoms with Crippen molar-refractivity contribution in [3.63, 3.8) is 0 Å². The summed E-state index contributed by atoms with van der Waals surface area (Å²) >= 11 is 5.74. The minimum atomic E-state index is -0.309. The summed E-state index contributed by atoms with van der Waals surface area (Å²) < 4.78 is 13.8. The Morgan fingerprint density at radius 3 is 2.42 bits per heavy atom. The molecule has 0 bridgehead atoms. The van der Waals surface area contributed by atoms with Crippen LogP contribution in [0.3, 0.4) is 0 Å². The van der Waals surface area contributed by atoms with Crippen molar-refractivity contribution in [3.05, 3.63) is 29.0 Å². The molecule has 3 nitrogen and oxygen atoms in total. The molecule has 1 saturated heterocycles. The quantitative estimate of drug-likeness (QED) is 0.834. The van der Waals surface area contributed by atoms with Gasteiger partial charge in [-0.05, 0) is 18.2 Å². The first kappa shape index (κ1) is 14.1. The van der Waals surface area contributed by atoms with Crippen LogP contribution in [-0.2, 0) is 4.79 Å². The molecule has 0 spiro atoms.